The Morgan fingerprint density at radius 1 is 1.25 bits per heavy atom. The summed E-state index contributed by atoms with van der Waals surface area (Å²) in [6.45, 7) is 8.92. The average molecular weight is 175 g/mol. The highest BCUT2D eigenvalue weighted by atomic mass is 16.4. The second-order valence-corrected chi connectivity index (χ2v) is 3.06. The van der Waals surface area contributed by atoms with Crippen LogP contribution in [-0.2, 0) is 4.74 Å². The summed E-state index contributed by atoms with van der Waals surface area (Å²) in [7, 11) is 5.43. The molecule has 1 fully saturated rings. The van der Waals surface area contributed by atoms with E-state index >= 15 is 0 Å². The lowest BCUT2D eigenvalue weighted by molar-refractivity contribution is 0.277. The summed E-state index contributed by atoms with van der Waals surface area (Å²) < 4.78 is 4.25. The number of ether oxygens (including phenoxy) is 1. The van der Waals surface area contributed by atoms with Gasteiger partial charge < -0.3 is 9.64 Å². The van der Waals surface area contributed by atoms with Gasteiger partial charge in [-0.3, -0.25) is 0 Å². The van der Waals surface area contributed by atoms with Gasteiger partial charge in [-0.1, -0.05) is 20.8 Å². The van der Waals surface area contributed by atoms with Crippen LogP contribution in [0.3, 0.4) is 0 Å². The first-order valence-electron chi connectivity index (χ1n) is 4.79. The Kier molecular flexibility index (Phi) is 13.1. The van der Waals surface area contributed by atoms with Crippen LogP contribution in [0.4, 0.5) is 0 Å². The molecule has 0 amide bonds. The van der Waals surface area contributed by atoms with Crippen molar-refractivity contribution in [3.05, 3.63) is 0 Å². The first-order chi connectivity index (χ1) is 5.70. The molecule has 0 aliphatic carbocycles. The molecular weight excluding hydrogens is 150 g/mol. The highest BCUT2D eigenvalue weighted by molar-refractivity contribution is 4.67. The topological polar surface area (TPSA) is 12.5 Å². The first-order valence-corrected chi connectivity index (χ1v) is 4.79. The molecule has 1 saturated heterocycles. The SMILES string of the molecule is CC.COC.C[C@@H]1CCN(C)C1. The third-order valence-corrected chi connectivity index (χ3v) is 1.63. The number of likely N-dealkylation sites (tertiary alicyclic amines) is 1. The first kappa shape index (κ1) is 14.4. The number of rotatable bonds is 0. The van der Waals surface area contributed by atoms with E-state index in [0.717, 1.165) is 5.92 Å². The molecule has 1 atom stereocenters. The zero-order chi connectivity index (χ0) is 9.98. The highest BCUT2D eigenvalue weighted by Crippen LogP contribution is 2.11. The second-order valence-electron chi connectivity index (χ2n) is 3.06. The molecule has 1 aliphatic heterocycles. The van der Waals surface area contributed by atoms with Crippen molar-refractivity contribution >= 4 is 0 Å². The van der Waals surface area contributed by atoms with Gasteiger partial charge in [0.15, 0.2) is 0 Å². The molecule has 1 rings (SSSR count). The molecule has 76 valence electrons. The van der Waals surface area contributed by atoms with Crippen LogP contribution >= 0.6 is 0 Å². The highest BCUT2D eigenvalue weighted by Gasteiger charge is 2.13. The number of methoxy groups -OCH3 is 1. The van der Waals surface area contributed by atoms with Crippen molar-refractivity contribution in [2.75, 3.05) is 34.4 Å². The van der Waals surface area contributed by atoms with E-state index in [1.165, 1.54) is 19.5 Å². The number of nitrogens with zero attached hydrogens (tertiary/aromatic N) is 1. The fraction of sp³-hybridized carbons (Fsp3) is 1.00. The predicted molar refractivity (Wildman–Crippen MR) is 55.6 cm³/mol. The largest absolute Gasteiger partial charge is 0.388 e. The molecule has 0 spiro atoms. The van der Waals surface area contributed by atoms with Gasteiger partial charge in [-0.05, 0) is 25.9 Å². The molecule has 1 heterocycles. The minimum Gasteiger partial charge on any atom is -0.388 e. The average Bonchev–Trinajstić information content (AvgIpc) is 2.40. The minimum atomic E-state index is 0.949. The standard InChI is InChI=1S/C6H13N.C2H6O.C2H6/c1-6-3-4-7(2)5-6;1-3-2;1-2/h6H,3-5H2,1-2H3;1-2H3;1-2H3/t6-;;/m1../s1. The monoisotopic (exact) mass is 175 g/mol. The van der Waals surface area contributed by atoms with Gasteiger partial charge in [0.05, 0.1) is 0 Å². The molecule has 0 radical (unpaired) electrons. The van der Waals surface area contributed by atoms with E-state index in [4.69, 9.17) is 0 Å². The summed E-state index contributed by atoms with van der Waals surface area (Å²) >= 11 is 0. The molecule has 2 nitrogen and oxygen atoms in total. The second kappa shape index (κ2) is 10.9. The van der Waals surface area contributed by atoms with Crippen LogP contribution < -0.4 is 0 Å². The molecule has 2 heteroatoms. The molecule has 0 unspecified atom stereocenters. The fourth-order valence-electron chi connectivity index (χ4n) is 1.16. The van der Waals surface area contributed by atoms with Crippen LogP contribution in [0.15, 0.2) is 0 Å². The van der Waals surface area contributed by atoms with E-state index in [1.54, 1.807) is 14.2 Å². The van der Waals surface area contributed by atoms with Gasteiger partial charge in [0.25, 0.3) is 0 Å². The number of hydrogen-bond donors (Lipinski definition) is 0. The van der Waals surface area contributed by atoms with E-state index in [2.05, 4.69) is 23.6 Å². The van der Waals surface area contributed by atoms with Crippen molar-refractivity contribution in [2.24, 2.45) is 5.92 Å². The van der Waals surface area contributed by atoms with Gasteiger partial charge in [0.2, 0.25) is 0 Å². The Morgan fingerprint density at radius 3 is 1.75 bits per heavy atom. The molecule has 0 saturated carbocycles. The Hall–Kier alpha value is -0.0800. The van der Waals surface area contributed by atoms with E-state index in [-0.39, 0.29) is 0 Å². The summed E-state index contributed by atoms with van der Waals surface area (Å²) in [6.07, 6.45) is 1.40. The third kappa shape index (κ3) is 9.92. The van der Waals surface area contributed by atoms with Gasteiger partial charge in [-0.25, -0.2) is 0 Å². The quantitative estimate of drug-likeness (QED) is 0.560. The molecule has 0 bridgehead atoms. The lowest BCUT2D eigenvalue weighted by atomic mass is 10.2. The minimum absolute atomic E-state index is 0.949. The maximum absolute atomic E-state index is 4.25. The molecule has 0 aromatic rings. The van der Waals surface area contributed by atoms with Gasteiger partial charge in [-0.2, -0.15) is 0 Å². The van der Waals surface area contributed by atoms with E-state index in [1.807, 2.05) is 13.8 Å². The van der Waals surface area contributed by atoms with Crippen molar-refractivity contribution in [1.29, 1.82) is 0 Å². The predicted octanol–water partition coefficient (Wildman–Crippen LogP) is 2.25. The van der Waals surface area contributed by atoms with Crippen LogP contribution in [0.2, 0.25) is 0 Å². The van der Waals surface area contributed by atoms with E-state index in [0.29, 0.717) is 0 Å². The summed E-state index contributed by atoms with van der Waals surface area (Å²) in [5.74, 6) is 0.949. The smallest absolute Gasteiger partial charge is 0.0351 e. The summed E-state index contributed by atoms with van der Waals surface area (Å²) in [6, 6.07) is 0. The van der Waals surface area contributed by atoms with Crippen molar-refractivity contribution in [2.45, 2.75) is 27.2 Å². The molecular formula is C10H25NO. The van der Waals surface area contributed by atoms with Gasteiger partial charge >= 0.3 is 0 Å². The maximum atomic E-state index is 4.25. The Labute approximate surface area is 77.9 Å². The summed E-state index contributed by atoms with van der Waals surface area (Å²) in [5.41, 5.74) is 0. The normalized spacial score (nSPS) is 22.0. The zero-order valence-electron chi connectivity index (χ0n) is 9.55. The van der Waals surface area contributed by atoms with Crippen LogP contribution in [0.1, 0.15) is 27.2 Å². The van der Waals surface area contributed by atoms with Crippen LogP contribution in [0.5, 0.6) is 0 Å². The Morgan fingerprint density at radius 2 is 1.67 bits per heavy atom. The molecule has 0 aromatic carbocycles. The van der Waals surface area contributed by atoms with Crippen molar-refractivity contribution in [1.82, 2.24) is 4.90 Å². The number of hydrogen-bond acceptors (Lipinski definition) is 2. The van der Waals surface area contributed by atoms with Crippen molar-refractivity contribution < 1.29 is 4.74 Å². The summed E-state index contributed by atoms with van der Waals surface area (Å²) in [4.78, 5) is 2.38. The third-order valence-electron chi connectivity index (χ3n) is 1.63. The van der Waals surface area contributed by atoms with Gasteiger partial charge in [0.1, 0.15) is 0 Å². The zero-order valence-corrected chi connectivity index (χ0v) is 9.55. The molecule has 0 aromatic heterocycles. The van der Waals surface area contributed by atoms with Crippen LogP contribution in [0, 0.1) is 5.92 Å². The van der Waals surface area contributed by atoms with Crippen LogP contribution in [0.25, 0.3) is 0 Å². The molecule has 1 aliphatic rings. The summed E-state index contributed by atoms with van der Waals surface area (Å²) in [5, 5.41) is 0. The lowest BCUT2D eigenvalue weighted by Gasteiger charge is -2.03. The van der Waals surface area contributed by atoms with Crippen molar-refractivity contribution in [3.8, 4) is 0 Å². The Bertz CT molecular complexity index is 68.2. The Balaban J connectivity index is 0. The van der Waals surface area contributed by atoms with Crippen LogP contribution in [-0.4, -0.2) is 39.3 Å². The molecule has 0 N–H and O–H groups in total. The van der Waals surface area contributed by atoms with E-state index < -0.39 is 0 Å². The van der Waals surface area contributed by atoms with Gasteiger partial charge in [0, 0.05) is 20.8 Å². The van der Waals surface area contributed by atoms with E-state index in [9.17, 15) is 0 Å². The van der Waals surface area contributed by atoms with Crippen molar-refractivity contribution in [3.63, 3.8) is 0 Å². The maximum Gasteiger partial charge on any atom is 0.0351 e. The lowest BCUT2D eigenvalue weighted by Crippen LogP contribution is -2.12. The molecule has 12 heavy (non-hydrogen) atoms. The van der Waals surface area contributed by atoms with Gasteiger partial charge in [-0.15, -0.1) is 0 Å². The fourth-order valence-corrected chi connectivity index (χ4v) is 1.16.